The predicted octanol–water partition coefficient (Wildman–Crippen LogP) is 8.95. The number of methoxy groups -OCH3 is 4. The van der Waals surface area contributed by atoms with Crippen molar-refractivity contribution in [2.45, 2.75) is 58.8 Å². The van der Waals surface area contributed by atoms with Gasteiger partial charge in [-0.05, 0) is 61.1 Å². The topological polar surface area (TPSA) is 89.5 Å². The van der Waals surface area contributed by atoms with E-state index in [9.17, 15) is 9.59 Å². The van der Waals surface area contributed by atoms with Gasteiger partial charge in [0.2, 0.25) is 0 Å². The second-order valence-corrected chi connectivity index (χ2v) is 12.6. The third-order valence-corrected chi connectivity index (χ3v) is 9.28. The number of fused-ring (bicyclic) bond motifs is 3. The van der Waals surface area contributed by atoms with E-state index < -0.39 is 17.4 Å². The van der Waals surface area contributed by atoms with Crippen molar-refractivity contribution in [3.8, 4) is 45.6 Å². The van der Waals surface area contributed by atoms with Crippen LogP contribution in [0.3, 0.4) is 0 Å². The van der Waals surface area contributed by atoms with Gasteiger partial charge in [0.25, 0.3) is 0 Å². The van der Waals surface area contributed by atoms with Gasteiger partial charge >= 0.3 is 11.9 Å². The molecular formula is C43H46O8. The molecule has 0 fully saturated rings. The van der Waals surface area contributed by atoms with Crippen LogP contribution in [0.25, 0.3) is 11.1 Å². The summed E-state index contributed by atoms with van der Waals surface area (Å²) in [6.07, 6.45) is 2.48. The summed E-state index contributed by atoms with van der Waals surface area (Å²) in [6, 6.07) is 20.3. The molecule has 0 unspecified atom stereocenters. The van der Waals surface area contributed by atoms with Gasteiger partial charge in [-0.15, -0.1) is 0 Å². The Kier molecular flexibility index (Phi) is 10.9. The number of rotatable bonds is 14. The lowest BCUT2D eigenvalue weighted by molar-refractivity contribution is -0.131. The fourth-order valence-electron chi connectivity index (χ4n) is 7.18. The lowest BCUT2D eigenvalue weighted by Crippen LogP contribution is -2.31. The molecule has 1 aliphatic rings. The van der Waals surface area contributed by atoms with Crippen LogP contribution in [0.2, 0.25) is 0 Å². The molecule has 0 amide bonds. The van der Waals surface area contributed by atoms with Crippen LogP contribution in [0.5, 0.6) is 34.5 Å². The fourth-order valence-corrected chi connectivity index (χ4v) is 7.18. The Balaban J connectivity index is 2.06. The second kappa shape index (κ2) is 15.2. The molecule has 0 saturated heterocycles. The van der Waals surface area contributed by atoms with Crippen molar-refractivity contribution in [2.75, 3.05) is 28.4 Å². The van der Waals surface area contributed by atoms with Gasteiger partial charge in [-0.2, -0.15) is 0 Å². The highest BCUT2D eigenvalue weighted by atomic mass is 16.6. The Labute approximate surface area is 300 Å². The highest BCUT2D eigenvalue weighted by Crippen LogP contribution is 2.63. The summed E-state index contributed by atoms with van der Waals surface area (Å²) < 4.78 is 36.8. The molecule has 0 aliphatic heterocycles. The zero-order chi connectivity index (χ0) is 37.0. The second-order valence-electron chi connectivity index (χ2n) is 12.6. The summed E-state index contributed by atoms with van der Waals surface area (Å²) in [5.41, 5.74) is 6.25. The number of esters is 2. The van der Waals surface area contributed by atoms with Crippen LogP contribution in [0.4, 0.5) is 0 Å². The average Bonchev–Trinajstić information content (AvgIpc) is 3.43. The maximum Gasteiger partial charge on any atom is 0.338 e. The van der Waals surface area contributed by atoms with Crippen LogP contribution >= 0.6 is 0 Å². The minimum Gasteiger partial charge on any atom is -0.496 e. The van der Waals surface area contributed by atoms with Crippen LogP contribution in [0, 0.1) is 0 Å². The van der Waals surface area contributed by atoms with E-state index in [1.807, 2.05) is 36.4 Å². The summed E-state index contributed by atoms with van der Waals surface area (Å²) in [5.74, 6) is 1.20. The van der Waals surface area contributed by atoms with Crippen molar-refractivity contribution in [2.24, 2.45) is 0 Å². The molecule has 0 spiro atoms. The first-order valence-electron chi connectivity index (χ1n) is 17.1. The van der Waals surface area contributed by atoms with E-state index in [1.165, 1.54) is 0 Å². The molecule has 51 heavy (non-hydrogen) atoms. The summed E-state index contributed by atoms with van der Waals surface area (Å²) in [5, 5.41) is 0. The third-order valence-electron chi connectivity index (χ3n) is 9.28. The Bertz CT molecular complexity index is 1880. The first-order chi connectivity index (χ1) is 24.5. The van der Waals surface area contributed by atoms with Crippen LogP contribution in [-0.4, -0.2) is 40.4 Å². The van der Waals surface area contributed by atoms with Gasteiger partial charge in [0.1, 0.15) is 11.5 Å². The molecule has 0 saturated carbocycles. The number of hydrogen-bond acceptors (Lipinski definition) is 8. The van der Waals surface area contributed by atoms with Crippen molar-refractivity contribution >= 4 is 11.9 Å². The van der Waals surface area contributed by atoms with Crippen molar-refractivity contribution in [1.82, 2.24) is 0 Å². The van der Waals surface area contributed by atoms with E-state index in [2.05, 4.69) is 51.3 Å². The fraction of sp³-hybridized carbons (Fsp3) is 0.302. The number of carbonyl (C=O) groups is 2. The van der Waals surface area contributed by atoms with Crippen molar-refractivity contribution in [3.63, 3.8) is 0 Å². The standard InChI is InChI=1S/C43H46O8/c1-11-17-29-37(48-9)33(23-35(46-7)39(29)50-41(44)25(3)4)43(31-21-15-13-19-27(31)28-20-14-16-22-32(28)43)34-24-36(47-8)40(51-42(45)26(5)6)30(18-12-2)38(34)49-10/h13-16,19-24H,3,5,11-12,17-18H2,1-2,4,6-10H3. The maximum absolute atomic E-state index is 13.0. The number of ether oxygens (including phenoxy) is 6. The summed E-state index contributed by atoms with van der Waals surface area (Å²) in [7, 11) is 6.35. The van der Waals surface area contributed by atoms with Gasteiger partial charge in [-0.1, -0.05) is 88.4 Å². The highest BCUT2D eigenvalue weighted by Gasteiger charge is 2.51. The van der Waals surface area contributed by atoms with Crippen molar-refractivity contribution in [3.05, 3.63) is 118 Å². The normalized spacial score (nSPS) is 12.3. The minimum absolute atomic E-state index is 0.255. The van der Waals surface area contributed by atoms with E-state index in [0.717, 1.165) is 46.2 Å². The molecule has 0 N–H and O–H groups in total. The summed E-state index contributed by atoms with van der Waals surface area (Å²) in [4.78, 5) is 26.0. The van der Waals surface area contributed by atoms with E-state index in [-0.39, 0.29) is 22.6 Å². The molecule has 5 rings (SSSR count). The molecule has 4 aromatic carbocycles. The van der Waals surface area contributed by atoms with Crippen LogP contribution in [-0.2, 0) is 27.8 Å². The lowest BCUT2D eigenvalue weighted by Gasteiger charge is -2.38. The van der Waals surface area contributed by atoms with Crippen LogP contribution in [0.1, 0.15) is 73.9 Å². The Hall–Kier alpha value is -5.50. The van der Waals surface area contributed by atoms with Gasteiger partial charge in [-0.3, -0.25) is 0 Å². The lowest BCUT2D eigenvalue weighted by atomic mass is 9.66. The molecule has 8 heteroatoms. The van der Waals surface area contributed by atoms with E-state index in [0.29, 0.717) is 47.0 Å². The smallest absolute Gasteiger partial charge is 0.338 e. The summed E-state index contributed by atoms with van der Waals surface area (Å²) >= 11 is 0. The zero-order valence-electron chi connectivity index (χ0n) is 30.8. The van der Waals surface area contributed by atoms with Gasteiger partial charge < -0.3 is 28.4 Å². The molecule has 0 radical (unpaired) electrons. The Morgan fingerprint density at radius 3 is 1.25 bits per heavy atom. The molecule has 266 valence electrons. The highest BCUT2D eigenvalue weighted by molar-refractivity contribution is 5.92. The molecule has 0 atom stereocenters. The van der Waals surface area contributed by atoms with E-state index >= 15 is 0 Å². The quantitative estimate of drug-likeness (QED) is 0.0648. The molecular weight excluding hydrogens is 644 g/mol. The van der Waals surface area contributed by atoms with Crippen LogP contribution < -0.4 is 28.4 Å². The first-order valence-corrected chi connectivity index (χ1v) is 17.1. The van der Waals surface area contributed by atoms with Crippen molar-refractivity contribution in [1.29, 1.82) is 0 Å². The van der Waals surface area contributed by atoms with Crippen LogP contribution in [0.15, 0.2) is 85.0 Å². The van der Waals surface area contributed by atoms with Gasteiger partial charge in [0.05, 0.1) is 33.9 Å². The summed E-state index contributed by atoms with van der Waals surface area (Å²) in [6.45, 7) is 14.9. The third kappa shape index (κ3) is 6.13. The molecule has 0 heterocycles. The van der Waals surface area contributed by atoms with E-state index in [1.54, 1.807) is 42.3 Å². The number of carbonyl (C=O) groups excluding carboxylic acids is 2. The maximum atomic E-state index is 13.0. The Morgan fingerprint density at radius 2 is 0.941 bits per heavy atom. The predicted molar refractivity (Wildman–Crippen MR) is 199 cm³/mol. The molecule has 0 aromatic heterocycles. The molecule has 1 aliphatic carbocycles. The average molecular weight is 691 g/mol. The number of benzene rings is 4. The SMILES string of the molecule is C=C(C)C(=O)Oc1c(OC)cc(C2(c3cc(OC)c(OC(=O)C(=C)C)c(CCC)c3OC)c3ccccc3-c3ccccc32)c(OC)c1CCC. The minimum atomic E-state index is -1.09. The Morgan fingerprint density at radius 1 is 0.569 bits per heavy atom. The first kappa shape index (κ1) is 36.8. The molecule has 8 nitrogen and oxygen atoms in total. The van der Waals surface area contributed by atoms with E-state index in [4.69, 9.17) is 28.4 Å². The van der Waals surface area contributed by atoms with Gasteiger partial charge in [0, 0.05) is 33.4 Å². The number of hydrogen-bond donors (Lipinski definition) is 0. The molecule has 0 bridgehead atoms. The molecule has 4 aromatic rings. The van der Waals surface area contributed by atoms with Gasteiger partial charge in [-0.25, -0.2) is 9.59 Å². The van der Waals surface area contributed by atoms with Crippen molar-refractivity contribution < 1.29 is 38.0 Å². The zero-order valence-corrected chi connectivity index (χ0v) is 30.8. The monoisotopic (exact) mass is 690 g/mol. The van der Waals surface area contributed by atoms with Gasteiger partial charge in [0.15, 0.2) is 23.0 Å². The largest absolute Gasteiger partial charge is 0.496 e.